The Labute approximate surface area is 199 Å². The summed E-state index contributed by atoms with van der Waals surface area (Å²) >= 11 is 6.60. The third-order valence-corrected chi connectivity index (χ3v) is 5.44. The van der Waals surface area contributed by atoms with Crippen LogP contribution in [-0.2, 0) is 6.42 Å². The van der Waals surface area contributed by atoms with E-state index < -0.39 is 0 Å². The number of nitrogens with zero attached hydrogens (tertiary/aromatic N) is 8. The van der Waals surface area contributed by atoms with Crippen LogP contribution in [0.1, 0.15) is 17.0 Å². The third kappa shape index (κ3) is 4.05. The Balaban J connectivity index is 1.55. The van der Waals surface area contributed by atoms with Gasteiger partial charge in [0.2, 0.25) is 0 Å². The zero-order valence-corrected chi connectivity index (χ0v) is 18.8. The maximum Gasteiger partial charge on any atom is 0.162 e. The first-order valence-electron chi connectivity index (χ1n) is 10.4. The quantitative estimate of drug-likeness (QED) is 0.384. The number of aliphatic hydroxyl groups is 1. The van der Waals surface area contributed by atoms with Crippen molar-refractivity contribution in [1.82, 2.24) is 34.5 Å². The van der Waals surface area contributed by atoms with E-state index in [1.54, 1.807) is 29.2 Å². The van der Waals surface area contributed by atoms with Crippen molar-refractivity contribution in [2.24, 2.45) is 0 Å². The molecule has 11 heteroatoms. The molecule has 4 aromatic heterocycles. The van der Waals surface area contributed by atoms with E-state index in [4.69, 9.17) is 21.8 Å². The van der Waals surface area contributed by atoms with Gasteiger partial charge >= 0.3 is 0 Å². The smallest absolute Gasteiger partial charge is 0.162 e. The largest absolute Gasteiger partial charge is 0.396 e. The Bertz CT molecular complexity index is 1530. The van der Waals surface area contributed by atoms with E-state index in [1.165, 1.54) is 4.68 Å². The van der Waals surface area contributed by atoms with Gasteiger partial charge in [-0.15, -0.1) is 5.10 Å². The van der Waals surface area contributed by atoms with E-state index in [0.29, 0.717) is 34.5 Å². The average molecular weight is 472 g/mol. The molecule has 0 bridgehead atoms. The van der Waals surface area contributed by atoms with E-state index in [2.05, 4.69) is 25.6 Å². The van der Waals surface area contributed by atoms with Crippen molar-refractivity contribution in [2.45, 2.75) is 13.3 Å². The minimum Gasteiger partial charge on any atom is -0.396 e. The number of aromatic nitrogens is 7. The van der Waals surface area contributed by atoms with E-state index in [0.717, 1.165) is 22.4 Å². The van der Waals surface area contributed by atoms with Crippen LogP contribution in [0.3, 0.4) is 0 Å². The van der Waals surface area contributed by atoms with Crippen LogP contribution in [0.5, 0.6) is 0 Å². The zero-order chi connectivity index (χ0) is 23.7. The van der Waals surface area contributed by atoms with Gasteiger partial charge < -0.3 is 10.4 Å². The number of aryl methyl sites for hydroxylation is 1. The molecule has 0 atom stereocenters. The molecule has 5 rings (SSSR count). The number of hydrogen-bond donors (Lipinski definition) is 2. The first-order chi connectivity index (χ1) is 16.6. The fraction of sp³-hybridized carbons (Fsp3) is 0.130. The molecule has 4 heterocycles. The van der Waals surface area contributed by atoms with Gasteiger partial charge in [-0.05, 0) is 55.8 Å². The first kappa shape index (κ1) is 21.5. The lowest BCUT2D eigenvalue weighted by atomic mass is 10.2. The standard InChI is InChI=1S/C23H18ClN9O/c1-14-2-5-21(30-29-14)27-16-3-4-20-19(11-16)26-13-32(20)23-18(24)10-15(7-9-34)22(28-23)33-8-6-17(12-25)31-33/h2-6,8,10-11,13,34H,7,9H2,1H3,(H,27,30). The summed E-state index contributed by atoms with van der Waals surface area (Å²) in [5.74, 6) is 1.57. The Morgan fingerprint density at radius 3 is 2.74 bits per heavy atom. The molecule has 0 amide bonds. The number of benzene rings is 1. The molecule has 0 spiro atoms. The number of hydrogen-bond acceptors (Lipinski definition) is 8. The second kappa shape index (κ2) is 8.90. The molecule has 0 unspecified atom stereocenters. The predicted octanol–water partition coefficient (Wildman–Crippen LogP) is 3.51. The van der Waals surface area contributed by atoms with Crippen molar-refractivity contribution in [3.63, 3.8) is 0 Å². The lowest BCUT2D eigenvalue weighted by Crippen LogP contribution is -2.09. The summed E-state index contributed by atoms with van der Waals surface area (Å²) in [4.78, 5) is 9.25. The summed E-state index contributed by atoms with van der Waals surface area (Å²) in [5.41, 5.74) is 4.16. The molecule has 5 aromatic rings. The van der Waals surface area contributed by atoms with Crippen LogP contribution < -0.4 is 5.32 Å². The lowest BCUT2D eigenvalue weighted by molar-refractivity contribution is 0.299. The van der Waals surface area contributed by atoms with Crippen molar-refractivity contribution in [3.8, 4) is 17.7 Å². The summed E-state index contributed by atoms with van der Waals surface area (Å²) in [7, 11) is 0. The van der Waals surface area contributed by atoms with E-state index in [-0.39, 0.29) is 12.3 Å². The van der Waals surface area contributed by atoms with Crippen molar-refractivity contribution >= 4 is 34.1 Å². The predicted molar refractivity (Wildman–Crippen MR) is 127 cm³/mol. The van der Waals surface area contributed by atoms with E-state index in [1.807, 2.05) is 43.3 Å². The molecule has 0 aliphatic rings. The zero-order valence-electron chi connectivity index (χ0n) is 18.0. The molecule has 168 valence electrons. The normalized spacial score (nSPS) is 11.0. The minimum absolute atomic E-state index is 0.0775. The Morgan fingerprint density at radius 2 is 2.00 bits per heavy atom. The number of imidazole rings is 1. The van der Waals surface area contributed by atoms with Gasteiger partial charge in [-0.3, -0.25) is 4.57 Å². The fourth-order valence-electron chi connectivity index (χ4n) is 3.55. The number of nitriles is 1. The maximum absolute atomic E-state index is 9.49. The number of nitrogens with one attached hydrogen (secondary N) is 1. The molecule has 0 saturated carbocycles. The number of rotatable bonds is 6. The van der Waals surface area contributed by atoms with Crippen LogP contribution in [-0.4, -0.2) is 46.2 Å². The molecular weight excluding hydrogens is 454 g/mol. The number of aliphatic hydroxyl groups excluding tert-OH is 1. The first-order valence-corrected chi connectivity index (χ1v) is 10.7. The summed E-state index contributed by atoms with van der Waals surface area (Å²) in [6.07, 6.45) is 3.64. The monoisotopic (exact) mass is 471 g/mol. The molecule has 2 N–H and O–H groups in total. The lowest BCUT2D eigenvalue weighted by Gasteiger charge is -2.13. The maximum atomic E-state index is 9.49. The molecular formula is C23H18ClN9O. The summed E-state index contributed by atoms with van der Waals surface area (Å²) in [5, 5.41) is 34.7. The highest BCUT2D eigenvalue weighted by atomic mass is 35.5. The number of anilines is 2. The van der Waals surface area contributed by atoms with Crippen LogP contribution in [0.15, 0.2) is 55.0 Å². The number of halogens is 1. The van der Waals surface area contributed by atoms with Crippen LogP contribution in [0.25, 0.3) is 22.7 Å². The molecule has 0 aliphatic carbocycles. The van der Waals surface area contributed by atoms with Gasteiger partial charge in [0.15, 0.2) is 23.1 Å². The minimum atomic E-state index is -0.0775. The molecule has 34 heavy (non-hydrogen) atoms. The number of pyridine rings is 1. The molecule has 1 aromatic carbocycles. The van der Waals surface area contributed by atoms with Crippen LogP contribution >= 0.6 is 11.6 Å². The van der Waals surface area contributed by atoms with Gasteiger partial charge in [0, 0.05) is 24.1 Å². The Morgan fingerprint density at radius 1 is 1.12 bits per heavy atom. The van der Waals surface area contributed by atoms with Gasteiger partial charge in [-0.2, -0.15) is 15.5 Å². The topological polar surface area (TPSA) is 130 Å². The van der Waals surface area contributed by atoms with Gasteiger partial charge in [0.05, 0.1) is 21.7 Å². The second-order valence-electron chi connectivity index (χ2n) is 7.51. The van der Waals surface area contributed by atoms with Crippen LogP contribution in [0.2, 0.25) is 5.02 Å². The van der Waals surface area contributed by atoms with Gasteiger partial charge in [-0.1, -0.05) is 11.6 Å². The van der Waals surface area contributed by atoms with Gasteiger partial charge in [-0.25, -0.2) is 14.6 Å². The van der Waals surface area contributed by atoms with Crippen LogP contribution in [0, 0.1) is 18.3 Å². The van der Waals surface area contributed by atoms with E-state index >= 15 is 0 Å². The summed E-state index contributed by atoms with van der Waals surface area (Å²) in [6, 6.07) is 14.8. The molecule has 10 nitrogen and oxygen atoms in total. The Kier molecular flexibility index (Phi) is 5.63. The molecule has 0 fully saturated rings. The van der Waals surface area contributed by atoms with Gasteiger partial charge in [0.1, 0.15) is 12.4 Å². The average Bonchev–Trinajstić information content (AvgIpc) is 3.48. The van der Waals surface area contributed by atoms with Crippen molar-refractivity contribution in [2.75, 3.05) is 11.9 Å². The molecule has 0 radical (unpaired) electrons. The highest BCUT2D eigenvalue weighted by Crippen LogP contribution is 2.28. The third-order valence-electron chi connectivity index (χ3n) is 5.16. The summed E-state index contributed by atoms with van der Waals surface area (Å²) < 4.78 is 3.29. The highest BCUT2D eigenvalue weighted by molar-refractivity contribution is 6.32. The SMILES string of the molecule is Cc1ccc(Nc2ccc3c(c2)ncn3-c2nc(-n3ccc(C#N)n3)c(CCO)cc2Cl)nn1. The molecule has 0 saturated heterocycles. The van der Waals surface area contributed by atoms with Crippen molar-refractivity contribution in [3.05, 3.63) is 77.0 Å². The van der Waals surface area contributed by atoms with E-state index in [9.17, 15) is 5.11 Å². The second-order valence-corrected chi connectivity index (χ2v) is 7.92. The highest BCUT2D eigenvalue weighted by Gasteiger charge is 2.17. The summed E-state index contributed by atoms with van der Waals surface area (Å²) in [6.45, 7) is 1.80. The molecule has 0 aliphatic heterocycles. The van der Waals surface area contributed by atoms with Crippen LogP contribution in [0.4, 0.5) is 11.5 Å². The Hall–Kier alpha value is -4.33. The van der Waals surface area contributed by atoms with Gasteiger partial charge in [0.25, 0.3) is 0 Å². The van der Waals surface area contributed by atoms with Crippen molar-refractivity contribution in [1.29, 1.82) is 5.26 Å². The van der Waals surface area contributed by atoms with Crippen molar-refractivity contribution < 1.29 is 5.11 Å². The fourth-order valence-corrected chi connectivity index (χ4v) is 3.82. The number of fused-ring (bicyclic) bond motifs is 1.